The number of guanidine groups is 1. The molecule has 1 atom stereocenters. The number of likely N-dealkylation sites (N-methyl/N-ethyl adjacent to an activating group) is 1. The number of nitrogens with zero attached hydrogens (tertiary/aromatic N) is 2. The third kappa shape index (κ3) is 5.53. The van der Waals surface area contributed by atoms with E-state index in [1.807, 2.05) is 19.2 Å². The van der Waals surface area contributed by atoms with Gasteiger partial charge < -0.3 is 20.1 Å². The Hall–Kier alpha value is -1.95. The van der Waals surface area contributed by atoms with Crippen LogP contribution in [0.25, 0.3) is 0 Å². The highest BCUT2D eigenvalue weighted by atomic mass is 16.5. The predicted molar refractivity (Wildman–Crippen MR) is 114 cm³/mol. The zero-order chi connectivity index (χ0) is 19.9. The first kappa shape index (κ1) is 20.8. The van der Waals surface area contributed by atoms with E-state index in [2.05, 4.69) is 40.6 Å². The zero-order valence-corrected chi connectivity index (χ0v) is 17.8. The molecule has 28 heavy (non-hydrogen) atoms. The van der Waals surface area contributed by atoms with Gasteiger partial charge in [-0.05, 0) is 58.6 Å². The van der Waals surface area contributed by atoms with Crippen LogP contribution < -0.4 is 20.1 Å². The second-order valence-electron chi connectivity index (χ2n) is 8.03. The summed E-state index contributed by atoms with van der Waals surface area (Å²) >= 11 is 0. The monoisotopic (exact) mass is 388 g/mol. The molecule has 3 rings (SSSR count). The highest BCUT2D eigenvalue weighted by Crippen LogP contribution is 2.34. The van der Waals surface area contributed by atoms with Gasteiger partial charge in [0.15, 0.2) is 17.5 Å². The summed E-state index contributed by atoms with van der Waals surface area (Å²) in [7, 11) is 5.72. The molecule has 0 amide bonds. The number of methoxy groups -OCH3 is 1. The van der Waals surface area contributed by atoms with E-state index in [1.54, 1.807) is 7.11 Å². The van der Waals surface area contributed by atoms with Crippen LogP contribution in [0.4, 0.5) is 0 Å². The number of benzene rings is 1. The van der Waals surface area contributed by atoms with Crippen molar-refractivity contribution in [3.63, 3.8) is 0 Å². The lowest BCUT2D eigenvalue weighted by Crippen LogP contribution is -2.45. The standard InChI is InChI=1S/C22H36N4O2/c1-16(26(3)18-12-13-18)14-24-22(23-2)25-15-17-8-7-11-20(27-4)21(17)28-19-9-5-6-10-19/h7-8,11,16,18-19H,5-6,9-10,12-15H2,1-4H3,(H2,23,24,25). The second kappa shape index (κ2) is 10.0. The first-order valence-corrected chi connectivity index (χ1v) is 10.6. The zero-order valence-electron chi connectivity index (χ0n) is 17.8. The highest BCUT2D eigenvalue weighted by molar-refractivity contribution is 5.79. The van der Waals surface area contributed by atoms with Crippen LogP contribution in [0.1, 0.15) is 51.0 Å². The minimum Gasteiger partial charge on any atom is -0.493 e. The topological polar surface area (TPSA) is 58.1 Å². The van der Waals surface area contributed by atoms with Crippen molar-refractivity contribution in [3.8, 4) is 11.5 Å². The van der Waals surface area contributed by atoms with Crippen molar-refractivity contribution in [1.82, 2.24) is 15.5 Å². The summed E-state index contributed by atoms with van der Waals surface area (Å²) in [5.41, 5.74) is 1.09. The fourth-order valence-electron chi connectivity index (χ4n) is 3.80. The van der Waals surface area contributed by atoms with Crippen molar-refractivity contribution < 1.29 is 9.47 Å². The molecule has 0 aliphatic heterocycles. The fourth-order valence-corrected chi connectivity index (χ4v) is 3.80. The quantitative estimate of drug-likeness (QED) is 0.503. The molecule has 2 aliphatic rings. The minimum absolute atomic E-state index is 0.297. The number of para-hydroxylation sites is 1. The molecule has 0 heterocycles. The van der Waals surface area contributed by atoms with E-state index >= 15 is 0 Å². The largest absolute Gasteiger partial charge is 0.493 e. The first-order chi connectivity index (χ1) is 13.6. The molecule has 2 N–H and O–H groups in total. The molecule has 0 spiro atoms. The normalized spacial score (nSPS) is 19.0. The average Bonchev–Trinajstić information content (AvgIpc) is 3.44. The van der Waals surface area contributed by atoms with Gasteiger partial charge in [0.05, 0.1) is 13.2 Å². The Morgan fingerprint density at radius 2 is 1.96 bits per heavy atom. The third-order valence-electron chi connectivity index (χ3n) is 5.92. The summed E-state index contributed by atoms with van der Waals surface area (Å²) in [5, 5.41) is 6.88. The Balaban J connectivity index is 1.57. The Bertz CT molecular complexity index is 654. The first-order valence-electron chi connectivity index (χ1n) is 10.6. The smallest absolute Gasteiger partial charge is 0.191 e. The molecule has 0 saturated heterocycles. The Morgan fingerprint density at radius 3 is 2.61 bits per heavy atom. The maximum Gasteiger partial charge on any atom is 0.191 e. The molecule has 1 aromatic carbocycles. The SMILES string of the molecule is CN=C(NCc1cccc(OC)c1OC1CCCC1)NCC(C)N(C)C1CC1. The molecule has 1 unspecified atom stereocenters. The van der Waals surface area contributed by atoms with Gasteiger partial charge in [-0.1, -0.05) is 12.1 Å². The molecule has 0 aromatic heterocycles. The van der Waals surface area contributed by atoms with Gasteiger partial charge in [0.2, 0.25) is 0 Å². The molecule has 2 fully saturated rings. The van der Waals surface area contributed by atoms with Gasteiger partial charge in [-0.15, -0.1) is 0 Å². The molecular formula is C22H36N4O2. The number of hydrogen-bond acceptors (Lipinski definition) is 4. The number of aliphatic imine (C=N–C) groups is 1. The van der Waals surface area contributed by atoms with Crippen LogP contribution in [0.3, 0.4) is 0 Å². The van der Waals surface area contributed by atoms with E-state index in [9.17, 15) is 0 Å². The van der Waals surface area contributed by atoms with Crippen molar-refractivity contribution >= 4 is 5.96 Å². The van der Waals surface area contributed by atoms with Gasteiger partial charge in [0, 0.05) is 37.8 Å². The number of rotatable bonds is 9. The van der Waals surface area contributed by atoms with E-state index in [1.165, 1.54) is 25.7 Å². The molecule has 6 nitrogen and oxygen atoms in total. The molecule has 6 heteroatoms. The highest BCUT2D eigenvalue weighted by Gasteiger charge is 2.29. The van der Waals surface area contributed by atoms with Crippen molar-refractivity contribution in [2.45, 2.75) is 70.2 Å². The predicted octanol–water partition coefficient (Wildman–Crippen LogP) is 3.16. The molecule has 0 bridgehead atoms. The molecule has 1 aromatic rings. The van der Waals surface area contributed by atoms with Crippen molar-refractivity contribution in [2.75, 3.05) is 27.7 Å². The summed E-state index contributed by atoms with van der Waals surface area (Å²) in [6, 6.07) is 7.32. The lowest BCUT2D eigenvalue weighted by atomic mass is 10.1. The van der Waals surface area contributed by atoms with Gasteiger partial charge in [-0.2, -0.15) is 0 Å². The van der Waals surface area contributed by atoms with E-state index in [4.69, 9.17) is 9.47 Å². The molecule has 2 aliphatic carbocycles. The lowest BCUT2D eigenvalue weighted by molar-refractivity contribution is 0.198. The summed E-state index contributed by atoms with van der Waals surface area (Å²) < 4.78 is 11.9. The van der Waals surface area contributed by atoms with Crippen LogP contribution >= 0.6 is 0 Å². The molecule has 2 saturated carbocycles. The minimum atomic E-state index is 0.297. The van der Waals surface area contributed by atoms with Crippen LogP contribution in [0.5, 0.6) is 11.5 Å². The summed E-state index contributed by atoms with van der Waals surface area (Å²) in [4.78, 5) is 6.83. The van der Waals surface area contributed by atoms with Gasteiger partial charge in [-0.3, -0.25) is 9.89 Å². The van der Waals surface area contributed by atoms with E-state index < -0.39 is 0 Å². The number of hydrogen-bond donors (Lipinski definition) is 2. The van der Waals surface area contributed by atoms with E-state index in [-0.39, 0.29) is 0 Å². The van der Waals surface area contributed by atoms with Crippen molar-refractivity contribution in [2.24, 2.45) is 4.99 Å². The van der Waals surface area contributed by atoms with Crippen LogP contribution in [0, 0.1) is 0 Å². The van der Waals surface area contributed by atoms with Gasteiger partial charge in [-0.25, -0.2) is 0 Å². The van der Waals surface area contributed by atoms with Gasteiger partial charge >= 0.3 is 0 Å². The molecule has 156 valence electrons. The lowest BCUT2D eigenvalue weighted by Gasteiger charge is -2.25. The Morgan fingerprint density at radius 1 is 1.21 bits per heavy atom. The van der Waals surface area contributed by atoms with Gasteiger partial charge in [0.1, 0.15) is 0 Å². The van der Waals surface area contributed by atoms with Crippen LogP contribution in [0.15, 0.2) is 23.2 Å². The number of nitrogens with one attached hydrogen (secondary N) is 2. The van der Waals surface area contributed by atoms with E-state index in [0.717, 1.165) is 48.5 Å². The number of ether oxygens (including phenoxy) is 2. The third-order valence-corrected chi connectivity index (χ3v) is 5.92. The summed E-state index contributed by atoms with van der Waals surface area (Å²) in [6.45, 7) is 3.77. The summed E-state index contributed by atoms with van der Waals surface area (Å²) in [6.07, 6.45) is 7.70. The van der Waals surface area contributed by atoms with Crippen LogP contribution in [-0.4, -0.2) is 56.8 Å². The summed E-state index contributed by atoms with van der Waals surface area (Å²) in [5.74, 6) is 2.47. The van der Waals surface area contributed by atoms with Gasteiger partial charge in [0.25, 0.3) is 0 Å². The Kier molecular flexibility index (Phi) is 7.43. The van der Waals surface area contributed by atoms with Crippen molar-refractivity contribution in [1.29, 1.82) is 0 Å². The maximum atomic E-state index is 6.33. The second-order valence-corrected chi connectivity index (χ2v) is 8.03. The van der Waals surface area contributed by atoms with Crippen molar-refractivity contribution in [3.05, 3.63) is 23.8 Å². The maximum absolute atomic E-state index is 6.33. The fraction of sp³-hybridized carbons (Fsp3) is 0.682. The average molecular weight is 389 g/mol. The molecule has 0 radical (unpaired) electrons. The van der Waals surface area contributed by atoms with Crippen LogP contribution in [0.2, 0.25) is 0 Å². The molecular weight excluding hydrogens is 352 g/mol. The van der Waals surface area contributed by atoms with E-state index in [0.29, 0.717) is 18.7 Å². The van der Waals surface area contributed by atoms with Crippen LogP contribution in [-0.2, 0) is 6.54 Å². The Labute approximate surface area is 169 Å².